The fraction of sp³-hybridized carbons (Fsp3) is 0.474. The van der Waals surface area contributed by atoms with Crippen molar-refractivity contribution in [2.24, 2.45) is 23.7 Å². The van der Waals surface area contributed by atoms with Gasteiger partial charge in [-0.2, -0.15) is 0 Å². The molecule has 1 N–H and O–H groups in total. The van der Waals surface area contributed by atoms with E-state index >= 15 is 0 Å². The lowest BCUT2D eigenvalue weighted by molar-refractivity contribution is -0.143. The molecule has 0 spiro atoms. The fourth-order valence-corrected chi connectivity index (χ4v) is 5.37. The fourth-order valence-electron chi connectivity index (χ4n) is 4.38. The number of hydrogen-bond donors (Lipinski definition) is 1. The average molecular weight is 388 g/mol. The van der Waals surface area contributed by atoms with Crippen molar-refractivity contribution >= 4 is 40.0 Å². The predicted molar refractivity (Wildman–Crippen MR) is 98.1 cm³/mol. The zero-order valence-corrected chi connectivity index (χ0v) is 15.9. The lowest BCUT2D eigenvalue weighted by Crippen LogP contribution is -2.39. The monoisotopic (exact) mass is 388 g/mol. The zero-order valence-electron chi connectivity index (χ0n) is 15.1. The van der Waals surface area contributed by atoms with Gasteiger partial charge in [0.2, 0.25) is 17.7 Å². The molecule has 4 atom stereocenters. The molecule has 142 valence electrons. The van der Waals surface area contributed by atoms with Gasteiger partial charge in [0.25, 0.3) is 0 Å². The smallest absolute Gasteiger partial charge is 0.348 e. The minimum Gasteiger partial charge on any atom is -0.462 e. The highest BCUT2D eigenvalue weighted by atomic mass is 32.1. The molecule has 1 saturated carbocycles. The molecule has 1 aliphatic heterocycles. The first-order valence-electron chi connectivity index (χ1n) is 9.01. The van der Waals surface area contributed by atoms with E-state index in [2.05, 4.69) is 5.32 Å². The maximum atomic E-state index is 12.6. The van der Waals surface area contributed by atoms with Crippen LogP contribution in [0.25, 0.3) is 0 Å². The maximum absolute atomic E-state index is 12.6. The normalized spacial score (nSPS) is 28.0. The molecule has 0 aromatic carbocycles. The maximum Gasteiger partial charge on any atom is 0.348 e. The van der Waals surface area contributed by atoms with Gasteiger partial charge in [-0.3, -0.25) is 19.3 Å². The predicted octanol–water partition coefficient (Wildman–Crippen LogP) is 1.98. The SMILES string of the molecule is CCOC(=O)c1sc(NC(=O)CN2C(=O)[C@@H]3[C@H](C2=O)[C@H]2C=C[C@H]3C2)cc1C. The number of carbonyl (C=O) groups excluding carboxylic acids is 4. The number of imide groups is 1. The van der Waals surface area contributed by atoms with Crippen LogP contribution in [0.5, 0.6) is 0 Å². The Bertz CT molecular complexity index is 843. The second-order valence-corrected chi connectivity index (χ2v) is 8.21. The number of likely N-dealkylation sites (tertiary alicyclic amines) is 1. The summed E-state index contributed by atoms with van der Waals surface area (Å²) in [6, 6.07) is 1.68. The van der Waals surface area contributed by atoms with Crippen LogP contribution in [0.1, 0.15) is 28.6 Å². The van der Waals surface area contributed by atoms with Crippen LogP contribution in [0.2, 0.25) is 0 Å². The number of carbonyl (C=O) groups is 4. The van der Waals surface area contributed by atoms with E-state index in [1.54, 1.807) is 19.9 Å². The molecular formula is C19H20N2O5S. The van der Waals surface area contributed by atoms with Crippen LogP contribution in [0.4, 0.5) is 5.00 Å². The van der Waals surface area contributed by atoms with Crippen molar-refractivity contribution in [2.75, 3.05) is 18.5 Å². The van der Waals surface area contributed by atoms with Gasteiger partial charge in [0.05, 0.1) is 23.4 Å². The molecule has 8 heteroatoms. The Morgan fingerprint density at radius 1 is 1.22 bits per heavy atom. The molecule has 1 aromatic rings. The van der Waals surface area contributed by atoms with Gasteiger partial charge in [-0.1, -0.05) is 12.2 Å². The Morgan fingerprint density at radius 3 is 2.44 bits per heavy atom. The van der Waals surface area contributed by atoms with Crippen LogP contribution < -0.4 is 5.32 Å². The number of ether oxygens (including phenoxy) is 1. The number of allylic oxidation sites excluding steroid dienone is 2. The third-order valence-corrected chi connectivity index (χ3v) is 6.64. The highest BCUT2D eigenvalue weighted by molar-refractivity contribution is 7.18. The first-order valence-corrected chi connectivity index (χ1v) is 9.83. The first kappa shape index (κ1) is 17.9. The van der Waals surface area contributed by atoms with E-state index in [0.717, 1.165) is 22.7 Å². The Morgan fingerprint density at radius 2 is 1.85 bits per heavy atom. The summed E-state index contributed by atoms with van der Waals surface area (Å²) >= 11 is 1.12. The quantitative estimate of drug-likeness (QED) is 0.473. The summed E-state index contributed by atoms with van der Waals surface area (Å²) in [4.78, 5) is 51.0. The lowest BCUT2D eigenvalue weighted by Gasteiger charge is -2.16. The second-order valence-electron chi connectivity index (χ2n) is 7.15. The van der Waals surface area contributed by atoms with Crippen molar-refractivity contribution in [3.8, 4) is 0 Å². The van der Waals surface area contributed by atoms with Gasteiger partial charge in [-0.05, 0) is 43.7 Å². The molecule has 2 bridgehead atoms. The molecule has 4 rings (SSSR count). The Hall–Kier alpha value is -2.48. The molecule has 1 saturated heterocycles. The van der Waals surface area contributed by atoms with Crippen LogP contribution in [0, 0.1) is 30.6 Å². The minimum absolute atomic E-state index is 0.122. The number of thiophene rings is 1. The first-order chi connectivity index (χ1) is 12.9. The van der Waals surface area contributed by atoms with Gasteiger partial charge >= 0.3 is 5.97 Å². The van der Waals surface area contributed by atoms with Gasteiger partial charge < -0.3 is 10.1 Å². The van der Waals surface area contributed by atoms with E-state index in [0.29, 0.717) is 15.4 Å². The van der Waals surface area contributed by atoms with Crippen LogP contribution in [0.15, 0.2) is 18.2 Å². The standard InChI is InChI=1S/C19H20N2O5S/c1-3-26-19(25)16-9(2)6-13(27-16)20-12(22)8-21-17(23)14-10-4-5-11(7-10)15(14)18(21)24/h4-6,10-11,14-15H,3,7-8H2,1-2H3,(H,20,22)/t10-,11-,14-,15+/m0/s1. The van der Waals surface area contributed by atoms with Crippen molar-refractivity contribution in [2.45, 2.75) is 20.3 Å². The molecule has 0 radical (unpaired) electrons. The van der Waals surface area contributed by atoms with E-state index in [1.165, 1.54) is 0 Å². The van der Waals surface area contributed by atoms with E-state index in [9.17, 15) is 19.2 Å². The molecule has 2 heterocycles. The summed E-state index contributed by atoms with van der Waals surface area (Å²) in [6.45, 7) is 3.46. The summed E-state index contributed by atoms with van der Waals surface area (Å²) in [5.41, 5.74) is 0.708. The number of esters is 1. The highest BCUT2D eigenvalue weighted by Gasteiger charge is 2.59. The third kappa shape index (κ3) is 2.88. The zero-order chi connectivity index (χ0) is 19.3. The number of amides is 3. The number of aryl methyl sites for hydroxylation is 1. The van der Waals surface area contributed by atoms with Crippen molar-refractivity contribution in [1.29, 1.82) is 0 Å². The molecule has 27 heavy (non-hydrogen) atoms. The van der Waals surface area contributed by atoms with E-state index < -0.39 is 11.9 Å². The highest BCUT2D eigenvalue weighted by Crippen LogP contribution is 2.52. The lowest BCUT2D eigenvalue weighted by atomic mass is 9.85. The van der Waals surface area contributed by atoms with Gasteiger partial charge in [0.15, 0.2) is 0 Å². The van der Waals surface area contributed by atoms with Crippen LogP contribution in [0.3, 0.4) is 0 Å². The van der Waals surface area contributed by atoms with Crippen molar-refractivity contribution in [3.05, 3.63) is 28.7 Å². The molecule has 0 unspecified atom stereocenters. The van der Waals surface area contributed by atoms with E-state index in [1.807, 2.05) is 12.2 Å². The van der Waals surface area contributed by atoms with E-state index in [-0.39, 0.29) is 48.6 Å². The van der Waals surface area contributed by atoms with Gasteiger partial charge in [-0.15, -0.1) is 11.3 Å². The summed E-state index contributed by atoms with van der Waals surface area (Å²) < 4.78 is 4.99. The molecule has 1 aromatic heterocycles. The van der Waals surface area contributed by atoms with Crippen LogP contribution >= 0.6 is 11.3 Å². The largest absolute Gasteiger partial charge is 0.462 e. The van der Waals surface area contributed by atoms with Crippen molar-refractivity contribution in [1.82, 2.24) is 4.90 Å². The third-order valence-electron chi connectivity index (χ3n) is 5.50. The summed E-state index contributed by atoms with van der Waals surface area (Å²) in [5, 5.41) is 3.17. The van der Waals surface area contributed by atoms with Gasteiger partial charge in [0.1, 0.15) is 11.4 Å². The minimum atomic E-state index is -0.450. The number of nitrogens with one attached hydrogen (secondary N) is 1. The average Bonchev–Trinajstić information content (AvgIpc) is 3.36. The summed E-state index contributed by atoms with van der Waals surface area (Å²) in [7, 11) is 0. The Kier molecular flexibility index (Phi) is 4.38. The topological polar surface area (TPSA) is 92.8 Å². The molecule has 2 fully saturated rings. The molecular weight excluding hydrogens is 368 g/mol. The molecule has 2 aliphatic carbocycles. The van der Waals surface area contributed by atoms with Crippen molar-refractivity contribution < 1.29 is 23.9 Å². The Balaban J connectivity index is 1.42. The Labute approximate surface area is 160 Å². The van der Waals surface area contributed by atoms with E-state index in [4.69, 9.17) is 4.74 Å². The number of fused-ring (bicyclic) bond motifs is 5. The number of nitrogens with zero attached hydrogens (tertiary/aromatic N) is 1. The molecule has 7 nitrogen and oxygen atoms in total. The molecule has 3 amide bonds. The summed E-state index contributed by atoms with van der Waals surface area (Å²) in [5.74, 6) is -1.74. The molecule has 3 aliphatic rings. The number of anilines is 1. The van der Waals surface area contributed by atoms with Gasteiger partial charge in [0, 0.05) is 0 Å². The summed E-state index contributed by atoms with van der Waals surface area (Å²) in [6.07, 6.45) is 4.90. The number of rotatable bonds is 5. The van der Waals surface area contributed by atoms with Gasteiger partial charge in [-0.25, -0.2) is 4.79 Å². The van der Waals surface area contributed by atoms with Crippen LogP contribution in [-0.2, 0) is 19.1 Å². The number of hydrogen-bond acceptors (Lipinski definition) is 6. The van der Waals surface area contributed by atoms with Crippen molar-refractivity contribution in [3.63, 3.8) is 0 Å². The van der Waals surface area contributed by atoms with Crippen LogP contribution in [-0.4, -0.2) is 41.7 Å². The second kappa shape index (κ2) is 6.60.